The Morgan fingerprint density at radius 2 is 1.80 bits per heavy atom. The molecule has 2 aromatic rings. The molecule has 2 heterocycles. The Bertz CT molecular complexity index is 587. The first-order valence-electron chi connectivity index (χ1n) is 5.59. The number of hydrogen-bond donors (Lipinski definition) is 0. The second-order valence-electron chi connectivity index (χ2n) is 5.14. The van der Waals surface area contributed by atoms with Crippen molar-refractivity contribution in [2.45, 2.75) is 32.4 Å². The minimum absolute atomic E-state index is 0. The second kappa shape index (κ2) is 5.61. The Balaban J connectivity index is 0.00000200. The van der Waals surface area contributed by atoms with Crippen LogP contribution in [0.5, 0.6) is 0 Å². The summed E-state index contributed by atoms with van der Waals surface area (Å²) in [6.45, 7) is 5.99. The summed E-state index contributed by atoms with van der Waals surface area (Å²) < 4.78 is 37.2. The van der Waals surface area contributed by atoms with E-state index in [-0.39, 0.29) is 37.0 Å². The molecule has 0 atom stereocenters. The van der Waals surface area contributed by atoms with Gasteiger partial charge >= 0.3 is 6.18 Å². The van der Waals surface area contributed by atoms with E-state index in [0.29, 0.717) is 0 Å². The van der Waals surface area contributed by atoms with E-state index >= 15 is 0 Å². The van der Waals surface area contributed by atoms with Crippen LogP contribution in [0, 0.1) is 0 Å². The monoisotopic (exact) mass is 462 g/mol. The molecule has 20 heavy (non-hydrogen) atoms. The Labute approximate surface area is 127 Å². The van der Waals surface area contributed by atoms with Crippen LogP contribution >= 0.6 is 0 Å². The van der Waals surface area contributed by atoms with Crippen molar-refractivity contribution in [1.29, 1.82) is 0 Å². The van der Waals surface area contributed by atoms with Gasteiger partial charge in [-0.05, 0) is 28.9 Å². The molecule has 0 saturated carbocycles. The van der Waals surface area contributed by atoms with Gasteiger partial charge in [0.1, 0.15) is 5.82 Å². The Hall–Kier alpha value is -1.27. The third-order valence-corrected chi connectivity index (χ3v) is 2.56. The van der Waals surface area contributed by atoms with E-state index < -0.39 is 12.0 Å². The van der Waals surface area contributed by atoms with Crippen molar-refractivity contribution in [2.24, 2.45) is 0 Å². The van der Waals surface area contributed by atoms with Crippen LogP contribution in [0.4, 0.5) is 13.2 Å². The maximum atomic E-state index is 12.4. The maximum Gasteiger partial charge on any atom is 0.429 e. The average molecular weight is 461 g/mol. The van der Waals surface area contributed by atoms with Gasteiger partial charge in [-0.3, -0.25) is 10.1 Å². The van der Waals surface area contributed by atoms with E-state index in [0.717, 1.165) is 5.56 Å². The van der Waals surface area contributed by atoms with Crippen LogP contribution in [-0.2, 0) is 31.7 Å². The Morgan fingerprint density at radius 1 is 1.15 bits per heavy atom. The number of nitrogens with zero attached hydrogens (tertiary/aromatic N) is 4. The molecule has 2 aromatic heterocycles. The Morgan fingerprint density at radius 3 is 2.30 bits per heavy atom. The fourth-order valence-electron chi connectivity index (χ4n) is 1.49. The van der Waals surface area contributed by atoms with E-state index in [2.05, 4.69) is 20.2 Å². The first-order valence-corrected chi connectivity index (χ1v) is 5.59. The second-order valence-corrected chi connectivity index (χ2v) is 5.14. The van der Waals surface area contributed by atoms with Crippen LogP contribution in [0.3, 0.4) is 0 Å². The summed E-state index contributed by atoms with van der Waals surface area (Å²) in [6.07, 6.45) is -3.06. The molecule has 0 bridgehead atoms. The molecule has 0 aromatic carbocycles. The van der Waals surface area contributed by atoms with Crippen molar-refractivity contribution < 1.29 is 33.3 Å². The molecule has 0 amide bonds. The van der Waals surface area contributed by atoms with Gasteiger partial charge in [-0.1, -0.05) is 20.8 Å². The molecular weight excluding hydrogens is 449 g/mol. The SMILES string of the molecule is CC(C)(C)c1ccnc(-c2nc(C(F)(F)F)n[n-]2)c1.[Ir]. The molecule has 111 valence electrons. The molecule has 0 fully saturated rings. The zero-order valence-electron chi connectivity index (χ0n) is 11.0. The van der Waals surface area contributed by atoms with Gasteiger partial charge in [-0.25, -0.2) is 0 Å². The van der Waals surface area contributed by atoms with Gasteiger partial charge in [0.15, 0.2) is 0 Å². The summed E-state index contributed by atoms with van der Waals surface area (Å²) >= 11 is 0. The minimum Gasteiger partial charge on any atom is -0.413 e. The smallest absolute Gasteiger partial charge is 0.413 e. The molecule has 0 aliphatic carbocycles. The first kappa shape index (κ1) is 16.8. The normalized spacial score (nSPS) is 12.1. The van der Waals surface area contributed by atoms with Crippen LogP contribution in [0.2, 0.25) is 0 Å². The van der Waals surface area contributed by atoms with Crippen molar-refractivity contribution in [2.75, 3.05) is 0 Å². The summed E-state index contributed by atoms with van der Waals surface area (Å²) in [6, 6.07) is 3.49. The molecule has 0 spiro atoms. The third-order valence-electron chi connectivity index (χ3n) is 2.56. The quantitative estimate of drug-likeness (QED) is 0.656. The molecule has 0 saturated heterocycles. The van der Waals surface area contributed by atoms with Gasteiger partial charge in [0.2, 0.25) is 0 Å². The molecule has 4 nitrogen and oxygen atoms in total. The zero-order valence-corrected chi connectivity index (χ0v) is 13.4. The molecule has 0 unspecified atom stereocenters. The van der Waals surface area contributed by atoms with E-state index in [1.165, 1.54) is 6.20 Å². The van der Waals surface area contributed by atoms with E-state index in [9.17, 15) is 13.2 Å². The van der Waals surface area contributed by atoms with Crippen LogP contribution in [0.25, 0.3) is 11.5 Å². The summed E-state index contributed by atoms with van der Waals surface area (Å²) in [5.74, 6) is -1.36. The van der Waals surface area contributed by atoms with Crippen molar-refractivity contribution in [1.82, 2.24) is 20.2 Å². The number of rotatable bonds is 1. The fraction of sp³-hybridized carbons (Fsp3) is 0.417. The predicted molar refractivity (Wildman–Crippen MR) is 62.3 cm³/mol. The molecule has 8 heteroatoms. The van der Waals surface area contributed by atoms with Gasteiger partial charge in [0.25, 0.3) is 0 Å². The zero-order chi connectivity index (χ0) is 14.3. The number of halogens is 3. The fourth-order valence-corrected chi connectivity index (χ4v) is 1.49. The van der Waals surface area contributed by atoms with Crippen LogP contribution in [-0.4, -0.2) is 15.1 Å². The standard InChI is InChI=1S/C12H12F3N4.Ir/c1-11(2,3)7-4-5-16-8(6-7)9-17-10(19-18-9)12(13,14)15;/h4-6H,1-3H3;/q-1;. The Kier molecular flexibility index (Phi) is 4.71. The summed E-state index contributed by atoms with van der Waals surface area (Å²) in [5.41, 5.74) is 1.09. The molecular formula is C12H12F3IrN4-. The summed E-state index contributed by atoms with van der Waals surface area (Å²) in [5, 5.41) is 6.46. The molecule has 1 radical (unpaired) electrons. The van der Waals surface area contributed by atoms with Crippen molar-refractivity contribution in [3.05, 3.63) is 29.7 Å². The molecule has 0 N–H and O–H groups in total. The van der Waals surface area contributed by atoms with E-state index in [1.807, 2.05) is 26.8 Å². The van der Waals surface area contributed by atoms with Gasteiger partial charge < -0.3 is 10.1 Å². The number of hydrogen-bond acceptors (Lipinski definition) is 3. The van der Waals surface area contributed by atoms with Crippen LogP contribution in [0.1, 0.15) is 32.2 Å². The largest absolute Gasteiger partial charge is 0.429 e. The minimum atomic E-state index is -4.59. The maximum absolute atomic E-state index is 12.4. The van der Waals surface area contributed by atoms with E-state index in [1.54, 1.807) is 6.07 Å². The molecule has 0 aliphatic heterocycles. The summed E-state index contributed by atoms with van der Waals surface area (Å²) in [7, 11) is 0. The number of alkyl halides is 3. The topological polar surface area (TPSA) is 52.8 Å². The van der Waals surface area contributed by atoms with Gasteiger partial charge in [0, 0.05) is 26.3 Å². The number of aromatic nitrogens is 4. The van der Waals surface area contributed by atoms with Crippen LogP contribution < -0.4 is 5.10 Å². The third kappa shape index (κ3) is 3.64. The van der Waals surface area contributed by atoms with Crippen molar-refractivity contribution in [3.63, 3.8) is 0 Å². The molecule has 0 aliphatic rings. The van der Waals surface area contributed by atoms with Gasteiger partial charge in [-0.2, -0.15) is 13.2 Å². The van der Waals surface area contributed by atoms with Crippen molar-refractivity contribution in [3.8, 4) is 11.5 Å². The first-order chi connectivity index (χ1) is 8.68. The van der Waals surface area contributed by atoms with Gasteiger partial charge in [-0.15, -0.1) is 0 Å². The van der Waals surface area contributed by atoms with Crippen LogP contribution in [0.15, 0.2) is 18.3 Å². The van der Waals surface area contributed by atoms with Gasteiger partial charge in [0.05, 0.1) is 5.69 Å². The number of pyridine rings is 1. The summed E-state index contributed by atoms with van der Waals surface area (Å²) in [4.78, 5) is 7.35. The molecule has 2 rings (SSSR count). The predicted octanol–water partition coefficient (Wildman–Crippen LogP) is 2.81. The average Bonchev–Trinajstić information content (AvgIpc) is 2.77. The van der Waals surface area contributed by atoms with Crippen molar-refractivity contribution >= 4 is 0 Å². The van der Waals surface area contributed by atoms with E-state index in [4.69, 9.17) is 0 Å².